The zero-order valence-electron chi connectivity index (χ0n) is 10.7. The van der Waals surface area contributed by atoms with E-state index in [-0.39, 0.29) is 0 Å². The number of aryl methyl sites for hydroxylation is 1. The molecule has 0 aliphatic heterocycles. The van der Waals surface area contributed by atoms with Crippen molar-refractivity contribution in [3.05, 3.63) is 29.6 Å². The minimum absolute atomic E-state index is 0.576. The molecule has 4 nitrogen and oxygen atoms in total. The van der Waals surface area contributed by atoms with Gasteiger partial charge in [0.15, 0.2) is 5.11 Å². The third-order valence-corrected chi connectivity index (χ3v) is 2.44. The van der Waals surface area contributed by atoms with Crippen LogP contribution in [0.25, 0.3) is 0 Å². The van der Waals surface area contributed by atoms with Crippen molar-refractivity contribution in [3.63, 3.8) is 0 Å². The molecule has 0 spiro atoms. The molecular formula is C11H16ClCuN4S+. The van der Waals surface area contributed by atoms with E-state index in [1.807, 2.05) is 46.1 Å². The van der Waals surface area contributed by atoms with E-state index in [0.717, 1.165) is 17.1 Å². The fraction of sp³-hybridized carbons (Fsp3) is 0.364. The monoisotopic (exact) mass is 334 g/mol. The summed E-state index contributed by atoms with van der Waals surface area (Å²) in [6, 6.07) is 5.84. The van der Waals surface area contributed by atoms with Crippen LogP contribution >= 0.6 is 22.3 Å². The maximum atomic E-state index is 5.06. The van der Waals surface area contributed by atoms with Crippen LogP contribution in [-0.2, 0) is 15.1 Å². The summed E-state index contributed by atoms with van der Waals surface area (Å²) < 4.78 is 0. The van der Waals surface area contributed by atoms with Gasteiger partial charge in [-0.2, -0.15) is 5.10 Å². The van der Waals surface area contributed by atoms with Crippen molar-refractivity contribution in [2.45, 2.75) is 13.8 Å². The molecule has 0 aromatic carbocycles. The summed E-state index contributed by atoms with van der Waals surface area (Å²) in [5, 5.41) is 4.75. The van der Waals surface area contributed by atoms with E-state index in [2.05, 4.69) is 40.7 Å². The van der Waals surface area contributed by atoms with E-state index >= 15 is 0 Å². The second-order valence-electron chi connectivity index (χ2n) is 3.67. The Balaban J connectivity index is 0.00000137. The van der Waals surface area contributed by atoms with Crippen molar-refractivity contribution in [3.8, 4) is 0 Å². The molecule has 0 saturated carbocycles. The average Bonchev–Trinajstić information content (AvgIpc) is 2.37. The van der Waals surface area contributed by atoms with Crippen molar-refractivity contribution in [1.29, 1.82) is 0 Å². The molecule has 1 heterocycles. The number of hydrazone groups is 1. The first-order valence-corrected chi connectivity index (χ1v) is 6.78. The fourth-order valence-corrected chi connectivity index (χ4v) is 1.08. The Morgan fingerprint density at radius 3 is 2.56 bits per heavy atom. The third kappa shape index (κ3) is 6.31. The van der Waals surface area contributed by atoms with Gasteiger partial charge in [-0.05, 0) is 38.2 Å². The number of nitrogens with one attached hydrogen (secondary N) is 1. The molecule has 0 amide bonds. The van der Waals surface area contributed by atoms with Crippen molar-refractivity contribution >= 4 is 33.1 Å². The Bertz CT molecular complexity index is 423. The molecule has 0 aliphatic rings. The van der Waals surface area contributed by atoms with Crippen molar-refractivity contribution in [1.82, 2.24) is 15.3 Å². The first kappa shape index (κ1) is 17.3. The van der Waals surface area contributed by atoms with Crippen LogP contribution in [0.5, 0.6) is 0 Å². The number of aromatic nitrogens is 1. The number of pyridine rings is 1. The Labute approximate surface area is 126 Å². The molecule has 1 aromatic heterocycles. The molecule has 18 heavy (non-hydrogen) atoms. The van der Waals surface area contributed by atoms with Gasteiger partial charge in [0, 0.05) is 19.8 Å². The van der Waals surface area contributed by atoms with Gasteiger partial charge in [-0.15, -0.1) is 0 Å². The van der Waals surface area contributed by atoms with Gasteiger partial charge in [-0.25, -0.2) is 0 Å². The van der Waals surface area contributed by atoms with Crippen LogP contribution in [0.1, 0.15) is 18.3 Å². The van der Waals surface area contributed by atoms with Gasteiger partial charge in [0.1, 0.15) is 0 Å². The number of hydrogen-bond donors (Lipinski definition) is 1. The van der Waals surface area contributed by atoms with Gasteiger partial charge in [-0.1, -0.05) is 6.07 Å². The first-order valence-electron chi connectivity index (χ1n) is 5.07. The topological polar surface area (TPSA) is 40.5 Å². The van der Waals surface area contributed by atoms with E-state index in [4.69, 9.17) is 12.2 Å². The predicted molar refractivity (Wildman–Crippen MR) is 76.5 cm³/mol. The minimum atomic E-state index is 0.576. The van der Waals surface area contributed by atoms with E-state index in [1.165, 1.54) is 0 Å². The quantitative estimate of drug-likeness (QED) is 0.389. The second-order valence-corrected chi connectivity index (χ2v) is 4.06. The van der Waals surface area contributed by atoms with E-state index in [9.17, 15) is 0 Å². The Hall–Kier alpha value is -0.681. The van der Waals surface area contributed by atoms with Crippen LogP contribution in [0.15, 0.2) is 23.3 Å². The molecule has 0 atom stereocenters. The van der Waals surface area contributed by atoms with Gasteiger partial charge in [-0.3, -0.25) is 10.4 Å². The van der Waals surface area contributed by atoms with Crippen molar-refractivity contribution in [2.24, 2.45) is 5.10 Å². The van der Waals surface area contributed by atoms with Crippen LogP contribution in [0.4, 0.5) is 0 Å². The van der Waals surface area contributed by atoms with E-state index < -0.39 is 0 Å². The van der Waals surface area contributed by atoms with Crippen LogP contribution in [0, 0.1) is 6.92 Å². The molecule has 1 N–H and O–H groups in total. The van der Waals surface area contributed by atoms with Crippen LogP contribution < -0.4 is 5.43 Å². The molecule has 0 saturated heterocycles. The van der Waals surface area contributed by atoms with Gasteiger partial charge in [0.05, 0.1) is 11.4 Å². The normalized spacial score (nSPS) is 10.3. The molecule has 103 valence electrons. The summed E-state index contributed by atoms with van der Waals surface area (Å²) in [4.78, 5) is 6.16. The van der Waals surface area contributed by atoms with Gasteiger partial charge < -0.3 is 4.90 Å². The fourth-order valence-electron chi connectivity index (χ4n) is 1.03. The van der Waals surface area contributed by atoms with E-state index in [0.29, 0.717) is 5.11 Å². The Morgan fingerprint density at radius 1 is 1.44 bits per heavy atom. The number of halogens is 1. The third-order valence-electron chi connectivity index (χ3n) is 1.98. The standard InChI is InChI=1S/C11H16N4S.ClH.Cu/c1-8-6-5-7-10(12-8)9(2)13-14-11(16)15(3)4;;/h5-7H,1-4H3,(H,14,16);1H;/q;;+2/p-1. The average molecular weight is 335 g/mol. The molecule has 1 aromatic rings. The molecule has 1 rings (SSSR count). The Morgan fingerprint density at radius 2 is 2.06 bits per heavy atom. The van der Waals surface area contributed by atoms with Gasteiger partial charge >= 0.3 is 25.2 Å². The molecule has 0 aliphatic carbocycles. The zero-order valence-corrected chi connectivity index (χ0v) is 13.2. The van der Waals surface area contributed by atoms with Crippen molar-refractivity contribution in [2.75, 3.05) is 14.1 Å². The molecule has 0 radical (unpaired) electrons. The SMILES string of the molecule is CC(=NNC(=S)N(C)C)c1cccc(C)n1.[Cl][Cu+]. The summed E-state index contributed by atoms with van der Waals surface area (Å²) in [6.45, 7) is 3.85. The molecule has 0 bridgehead atoms. The van der Waals surface area contributed by atoms with Crippen LogP contribution in [-0.4, -0.2) is 34.8 Å². The number of rotatable bonds is 2. The van der Waals surface area contributed by atoms with Gasteiger partial charge in [0.2, 0.25) is 0 Å². The number of hydrogen-bond acceptors (Lipinski definition) is 3. The summed E-state index contributed by atoms with van der Waals surface area (Å²) in [5.74, 6) is 0. The zero-order chi connectivity index (χ0) is 14.1. The molecule has 0 unspecified atom stereocenters. The van der Waals surface area contributed by atoms with E-state index in [1.54, 1.807) is 4.90 Å². The second kappa shape index (κ2) is 9.28. The molecular weight excluding hydrogens is 319 g/mol. The van der Waals surface area contributed by atoms with Crippen molar-refractivity contribution < 1.29 is 15.1 Å². The summed E-state index contributed by atoms with van der Waals surface area (Å²) in [7, 11) is 7.93. The summed E-state index contributed by atoms with van der Waals surface area (Å²) in [5.41, 5.74) is 5.45. The number of thiocarbonyl (C=S) groups is 1. The van der Waals surface area contributed by atoms with Gasteiger partial charge in [0.25, 0.3) is 0 Å². The predicted octanol–water partition coefficient (Wildman–Crippen LogP) is 2.24. The maximum absolute atomic E-state index is 5.06. The molecule has 0 fully saturated rings. The summed E-state index contributed by atoms with van der Waals surface area (Å²) >= 11 is 8.72. The Kier molecular flexibility index (Phi) is 8.93. The van der Waals surface area contributed by atoms with Crippen LogP contribution in [0.3, 0.4) is 0 Å². The molecule has 7 heteroatoms. The number of nitrogens with zero attached hydrogens (tertiary/aromatic N) is 3. The first-order chi connectivity index (χ1) is 8.50. The summed E-state index contributed by atoms with van der Waals surface area (Å²) in [6.07, 6.45) is 0. The van der Waals surface area contributed by atoms with Crippen LogP contribution in [0.2, 0.25) is 0 Å².